The van der Waals surface area contributed by atoms with E-state index in [9.17, 15) is 4.79 Å². The summed E-state index contributed by atoms with van der Waals surface area (Å²) in [6.45, 7) is 6.69. The number of hydrogen-bond acceptors (Lipinski definition) is 3. The van der Waals surface area contributed by atoms with E-state index in [-0.39, 0.29) is 23.2 Å². The molecule has 0 atom stereocenters. The lowest BCUT2D eigenvalue weighted by molar-refractivity contribution is -0.113. The fourth-order valence-corrected chi connectivity index (χ4v) is 0.663. The van der Waals surface area contributed by atoms with Crippen LogP contribution in [-0.2, 0) is 4.79 Å². The number of nitrogens with zero attached hydrogens (tertiary/aromatic N) is 1. The molecule has 0 saturated heterocycles. The summed E-state index contributed by atoms with van der Waals surface area (Å²) >= 11 is 0. The summed E-state index contributed by atoms with van der Waals surface area (Å²) in [5, 5.41) is 9.06. The molecule has 0 rings (SSSR count). The third-order valence-corrected chi connectivity index (χ3v) is 1.27. The quantitative estimate of drug-likeness (QED) is 0.398. The van der Waals surface area contributed by atoms with Gasteiger partial charge in [0.1, 0.15) is 5.76 Å². The first-order valence-corrected chi connectivity index (χ1v) is 3.89. The normalized spacial score (nSPS) is 13.8. The molecule has 0 aromatic heterocycles. The van der Waals surface area contributed by atoms with Gasteiger partial charge in [-0.15, -0.1) is 0 Å². The largest absolute Gasteiger partial charge is 0.512 e. The minimum absolute atomic E-state index is 0.0203. The third-order valence-electron chi connectivity index (χ3n) is 1.27. The Balaban J connectivity index is 4.59. The second-order valence-corrected chi connectivity index (χ2v) is 2.93. The van der Waals surface area contributed by atoms with Crippen LogP contribution < -0.4 is 0 Å². The van der Waals surface area contributed by atoms with Crippen LogP contribution in [0.15, 0.2) is 16.3 Å². The Labute approximate surface area is 72.8 Å². The molecular weight excluding hydrogens is 154 g/mol. The number of rotatable bonds is 3. The molecule has 1 N–H and O–H groups in total. The van der Waals surface area contributed by atoms with Crippen LogP contribution in [0, 0.1) is 0 Å². The second kappa shape index (κ2) is 4.70. The topological polar surface area (TPSA) is 49.7 Å². The molecule has 0 saturated carbocycles. The van der Waals surface area contributed by atoms with E-state index in [0.29, 0.717) is 0 Å². The molecule has 12 heavy (non-hydrogen) atoms. The van der Waals surface area contributed by atoms with Crippen LogP contribution >= 0.6 is 0 Å². The highest BCUT2D eigenvalue weighted by Gasteiger charge is 2.04. The first-order valence-electron chi connectivity index (χ1n) is 3.89. The molecule has 0 radical (unpaired) electrons. The van der Waals surface area contributed by atoms with Crippen LogP contribution in [0.25, 0.3) is 0 Å². The van der Waals surface area contributed by atoms with E-state index in [1.165, 1.54) is 20.1 Å². The number of hydrogen-bond donors (Lipinski definition) is 1. The van der Waals surface area contributed by atoms with Gasteiger partial charge in [0.15, 0.2) is 5.78 Å². The summed E-state index contributed by atoms with van der Waals surface area (Å²) in [5.41, 5.74) is 0.281. The minimum Gasteiger partial charge on any atom is -0.512 e. The summed E-state index contributed by atoms with van der Waals surface area (Å²) in [6.07, 6.45) is 1.42. The Morgan fingerprint density at radius 1 is 1.42 bits per heavy atom. The average molecular weight is 169 g/mol. The van der Waals surface area contributed by atoms with Crippen LogP contribution in [0.2, 0.25) is 0 Å². The molecule has 3 heteroatoms. The average Bonchev–Trinajstić information content (AvgIpc) is 1.84. The van der Waals surface area contributed by atoms with Crippen molar-refractivity contribution in [3.05, 3.63) is 11.3 Å². The van der Waals surface area contributed by atoms with Gasteiger partial charge in [-0.25, -0.2) is 0 Å². The van der Waals surface area contributed by atoms with E-state index in [0.717, 1.165) is 0 Å². The van der Waals surface area contributed by atoms with Crippen molar-refractivity contribution in [2.75, 3.05) is 0 Å². The van der Waals surface area contributed by atoms with Gasteiger partial charge in [-0.3, -0.25) is 9.79 Å². The van der Waals surface area contributed by atoms with E-state index in [2.05, 4.69) is 4.99 Å². The Morgan fingerprint density at radius 2 is 1.92 bits per heavy atom. The highest BCUT2D eigenvalue weighted by molar-refractivity contribution is 6.12. The van der Waals surface area contributed by atoms with E-state index in [4.69, 9.17) is 5.11 Å². The van der Waals surface area contributed by atoms with Crippen molar-refractivity contribution in [2.24, 2.45) is 4.99 Å². The number of Topliss-reactive ketones (excluding diaryl/α,β-unsaturated/α-hetero) is 1. The van der Waals surface area contributed by atoms with E-state index < -0.39 is 0 Å². The van der Waals surface area contributed by atoms with Crippen LogP contribution in [0.5, 0.6) is 0 Å². The van der Waals surface area contributed by atoms with Gasteiger partial charge in [-0.05, 0) is 27.7 Å². The standard InChI is InChI=1S/C9H15NO2/c1-6(2)10-5-9(7(3)11)8(4)12/h5-6,11H,1-4H3/b9-7+,10-5?. The van der Waals surface area contributed by atoms with Crippen LogP contribution in [0.3, 0.4) is 0 Å². The predicted molar refractivity (Wildman–Crippen MR) is 49.6 cm³/mol. The van der Waals surface area contributed by atoms with Crippen molar-refractivity contribution in [2.45, 2.75) is 33.7 Å². The van der Waals surface area contributed by atoms with Gasteiger partial charge in [0.2, 0.25) is 0 Å². The molecule has 68 valence electrons. The highest BCUT2D eigenvalue weighted by Crippen LogP contribution is 2.00. The number of aliphatic imine (C=N–C) groups is 1. The molecule has 0 aliphatic rings. The highest BCUT2D eigenvalue weighted by atomic mass is 16.3. The Morgan fingerprint density at radius 3 is 2.17 bits per heavy atom. The first-order chi connectivity index (χ1) is 5.45. The number of carbonyl (C=O) groups is 1. The van der Waals surface area contributed by atoms with E-state index in [1.807, 2.05) is 13.8 Å². The van der Waals surface area contributed by atoms with Gasteiger partial charge in [-0.1, -0.05) is 0 Å². The number of ketones is 1. The minimum atomic E-state index is -0.167. The van der Waals surface area contributed by atoms with Crippen LogP contribution in [-0.4, -0.2) is 23.1 Å². The lowest BCUT2D eigenvalue weighted by Crippen LogP contribution is -2.03. The summed E-state index contributed by atoms with van der Waals surface area (Å²) in [6, 6.07) is 0.138. The lowest BCUT2D eigenvalue weighted by Gasteiger charge is -1.98. The fourth-order valence-electron chi connectivity index (χ4n) is 0.663. The fraction of sp³-hybridized carbons (Fsp3) is 0.556. The summed E-state index contributed by atoms with van der Waals surface area (Å²) in [4.78, 5) is 14.9. The third kappa shape index (κ3) is 3.91. The molecule has 0 bridgehead atoms. The first kappa shape index (κ1) is 10.9. The zero-order valence-corrected chi connectivity index (χ0v) is 7.96. The van der Waals surface area contributed by atoms with Gasteiger partial charge in [-0.2, -0.15) is 0 Å². The van der Waals surface area contributed by atoms with Gasteiger partial charge >= 0.3 is 0 Å². The molecule has 0 aromatic rings. The van der Waals surface area contributed by atoms with Crippen molar-refractivity contribution in [3.63, 3.8) is 0 Å². The van der Waals surface area contributed by atoms with Gasteiger partial charge in [0, 0.05) is 12.3 Å². The maximum Gasteiger partial charge on any atom is 0.164 e. The molecular formula is C9H15NO2. The van der Waals surface area contributed by atoms with Crippen LogP contribution in [0.1, 0.15) is 27.7 Å². The Bertz CT molecular complexity index is 223. The number of aliphatic hydroxyl groups is 1. The van der Waals surface area contributed by atoms with Gasteiger partial charge in [0.05, 0.1) is 5.57 Å². The van der Waals surface area contributed by atoms with E-state index >= 15 is 0 Å². The van der Waals surface area contributed by atoms with Crippen molar-refractivity contribution in [1.82, 2.24) is 0 Å². The van der Waals surface area contributed by atoms with Crippen molar-refractivity contribution < 1.29 is 9.90 Å². The lowest BCUT2D eigenvalue weighted by atomic mass is 10.2. The number of allylic oxidation sites excluding steroid dienone is 2. The number of aliphatic hydroxyl groups excluding tert-OH is 1. The number of carbonyl (C=O) groups excluding carboxylic acids is 1. The Kier molecular flexibility index (Phi) is 4.26. The molecule has 0 unspecified atom stereocenters. The maximum atomic E-state index is 10.9. The SMILES string of the molecule is CC(=O)/C(C=NC(C)C)=C(\C)O. The van der Waals surface area contributed by atoms with Crippen molar-refractivity contribution >= 4 is 12.0 Å². The molecule has 0 fully saturated rings. The van der Waals surface area contributed by atoms with Crippen LogP contribution in [0.4, 0.5) is 0 Å². The summed E-state index contributed by atoms with van der Waals surface area (Å²) < 4.78 is 0. The summed E-state index contributed by atoms with van der Waals surface area (Å²) in [7, 11) is 0. The monoisotopic (exact) mass is 169 g/mol. The smallest absolute Gasteiger partial charge is 0.164 e. The molecule has 0 aromatic carbocycles. The van der Waals surface area contributed by atoms with Crippen molar-refractivity contribution in [3.8, 4) is 0 Å². The molecule has 3 nitrogen and oxygen atoms in total. The molecule has 0 heterocycles. The summed E-state index contributed by atoms with van der Waals surface area (Å²) in [5.74, 6) is -0.147. The zero-order chi connectivity index (χ0) is 9.72. The molecule has 0 amide bonds. The maximum absolute atomic E-state index is 10.9. The van der Waals surface area contributed by atoms with Gasteiger partial charge in [0.25, 0.3) is 0 Å². The van der Waals surface area contributed by atoms with Gasteiger partial charge < -0.3 is 5.11 Å². The molecule has 0 aliphatic carbocycles. The molecule has 0 spiro atoms. The molecule has 0 aliphatic heterocycles. The zero-order valence-electron chi connectivity index (χ0n) is 7.96. The predicted octanol–water partition coefficient (Wildman–Crippen LogP) is 1.89. The Hall–Kier alpha value is -1.12. The van der Waals surface area contributed by atoms with Crippen molar-refractivity contribution in [1.29, 1.82) is 0 Å². The second-order valence-electron chi connectivity index (χ2n) is 2.93. The van der Waals surface area contributed by atoms with E-state index in [1.54, 1.807) is 0 Å².